The third-order valence-electron chi connectivity index (χ3n) is 3.56. The van der Waals surface area contributed by atoms with Crippen LogP contribution in [-0.4, -0.2) is 6.61 Å². The summed E-state index contributed by atoms with van der Waals surface area (Å²) in [7, 11) is -0.326. The van der Waals surface area contributed by atoms with Crippen molar-refractivity contribution >= 4 is 7.53 Å². The SMILES string of the molecule is CCOc1cp(C)c(-c2ccccc2)c1-c1ccccc1. The fourth-order valence-corrected chi connectivity index (χ4v) is 4.52. The first-order chi connectivity index (χ1) is 10.3. The third-order valence-corrected chi connectivity index (χ3v) is 5.37. The zero-order valence-corrected chi connectivity index (χ0v) is 13.3. The Morgan fingerprint density at radius 1 is 0.857 bits per heavy atom. The van der Waals surface area contributed by atoms with Crippen LogP contribution in [0.15, 0.2) is 66.5 Å². The van der Waals surface area contributed by atoms with Gasteiger partial charge in [0.2, 0.25) is 0 Å². The first-order valence-electron chi connectivity index (χ1n) is 7.24. The van der Waals surface area contributed by atoms with Crippen LogP contribution in [-0.2, 0) is 6.66 Å². The number of benzene rings is 2. The van der Waals surface area contributed by atoms with E-state index in [0.29, 0.717) is 6.61 Å². The van der Waals surface area contributed by atoms with Crippen LogP contribution in [0.2, 0.25) is 0 Å². The van der Waals surface area contributed by atoms with Crippen LogP contribution < -0.4 is 4.74 Å². The summed E-state index contributed by atoms with van der Waals surface area (Å²) < 4.78 is 5.91. The summed E-state index contributed by atoms with van der Waals surface area (Å²) in [5, 5.41) is 1.42. The lowest BCUT2D eigenvalue weighted by Gasteiger charge is -2.10. The summed E-state index contributed by atoms with van der Waals surface area (Å²) in [5.41, 5.74) is 3.80. The van der Waals surface area contributed by atoms with E-state index < -0.39 is 0 Å². The van der Waals surface area contributed by atoms with Crippen LogP contribution in [0.25, 0.3) is 22.0 Å². The highest BCUT2D eigenvalue weighted by Gasteiger charge is 2.18. The Morgan fingerprint density at radius 2 is 1.43 bits per heavy atom. The lowest BCUT2D eigenvalue weighted by atomic mass is 10.0. The van der Waals surface area contributed by atoms with E-state index in [1.165, 1.54) is 22.0 Å². The van der Waals surface area contributed by atoms with Gasteiger partial charge in [0.1, 0.15) is 5.75 Å². The summed E-state index contributed by atoms with van der Waals surface area (Å²) in [6, 6.07) is 21.2. The molecule has 1 aromatic heterocycles. The quantitative estimate of drug-likeness (QED) is 0.578. The van der Waals surface area contributed by atoms with Crippen LogP contribution in [0.1, 0.15) is 6.92 Å². The Balaban J connectivity index is 2.24. The lowest BCUT2D eigenvalue weighted by molar-refractivity contribution is 0.343. The van der Waals surface area contributed by atoms with Gasteiger partial charge in [-0.15, -0.1) is 7.53 Å². The largest absolute Gasteiger partial charge is 0.493 e. The Hall–Kier alpha value is -1.98. The zero-order chi connectivity index (χ0) is 14.7. The predicted molar refractivity (Wildman–Crippen MR) is 92.2 cm³/mol. The standard InChI is InChI=1S/C19H19OP/c1-3-20-17-14-21(2)19(16-12-8-5-9-13-16)18(17)15-10-6-4-7-11-15/h4-14H,3H2,1-2H3. The van der Waals surface area contributed by atoms with E-state index in [-0.39, 0.29) is 7.53 Å². The van der Waals surface area contributed by atoms with Crippen molar-refractivity contribution in [3.05, 3.63) is 66.5 Å². The highest BCUT2D eigenvalue weighted by Crippen LogP contribution is 2.53. The van der Waals surface area contributed by atoms with Crippen molar-refractivity contribution in [1.29, 1.82) is 0 Å². The molecular weight excluding hydrogens is 275 g/mol. The highest BCUT2D eigenvalue weighted by atomic mass is 31.1. The maximum Gasteiger partial charge on any atom is 0.131 e. The third kappa shape index (κ3) is 2.75. The average Bonchev–Trinajstić information content (AvgIpc) is 2.86. The molecule has 21 heavy (non-hydrogen) atoms. The molecule has 0 amide bonds. The van der Waals surface area contributed by atoms with E-state index in [2.05, 4.69) is 73.1 Å². The van der Waals surface area contributed by atoms with E-state index >= 15 is 0 Å². The van der Waals surface area contributed by atoms with Crippen molar-refractivity contribution in [3.8, 4) is 27.7 Å². The van der Waals surface area contributed by atoms with Crippen molar-refractivity contribution in [2.75, 3.05) is 6.61 Å². The van der Waals surface area contributed by atoms with Gasteiger partial charge in [0.05, 0.1) is 6.61 Å². The fraction of sp³-hybridized carbons (Fsp3) is 0.158. The topological polar surface area (TPSA) is 9.23 Å². The lowest BCUT2D eigenvalue weighted by Crippen LogP contribution is -1.92. The molecule has 0 saturated carbocycles. The van der Waals surface area contributed by atoms with Gasteiger partial charge in [-0.25, -0.2) is 0 Å². The van der Waals surface area contributed by atoms with Crippen LogP contribution in [0.5, 0.6) is 5.75 Å². The molecule has 0 aliphatic carbocycles. The van der Waals surface area contributed by atoms with Crippen molar-refractivity contribution in [2.24, 2.45) is 6.66 Å². The molecule has 0 radical (unpaired) electrons. The molecule has 0 N–H and O–H groups in total. The van der Waals surface area contributed by atoms with E-state index in [0.717, 1.165) is 5.75 Å². The van der Waals surface area contributed by atoms with Gasteiger partial charge < -0.3 is 4.74 Å². The predicted octanol–water partition coefficient (Wildman–Crippen LogP) is 5.94. The van der Waals surface area contributed by atoms with Gasteiger partial charge >= 0.3 is 0 Å². The molecule has 0 aliphatic heterocycles. The Labute approximate surface area is 127 Å². The Bertz CT molecular complexity index is 714. The Morgan fingerprint density at radius 3 is 2.00 bits per heavy atom. The molecular formula is C19H19OP. The van der Waals surface area contributed by atoms with Gasteiger partial charge in [-0.05, 0) is 24.7 Å². The molecule has 3 aromatic rings. The maximum absolute atomic E-state index is 5.91. The van der Waals surface area contributed by atoms with Gasteiger partial charge in [-0.2, -0.15) is 0 Å². The van der Waals surface area contributed by atoms with E-state index in [4.69, 9.17) is 4.74 Å². The molecule has 0 fully saturated rings. The molecule has 1 nitrogen and oxygen atoms in total. The summed E-state index contributed by atoms with van der Waals surface area (Å²) in [4.78, 5) is 0. The number of rotatable bonds is 4. The van der Waals surface area contributed by atoms with Gasteiger partial charge in [0, 0.05) is 16.7 Å². The number of aryl methyl sites for hydroxylation is 1. The van der Waals surface area contributed by atoms with Gasteiger partial charge in [-0.1, -0.05) is 60.7 Å². The van der Waals surface area contributed by atoms with Crippen LogP contribution in [0.4, 0.5) is 0 Å². The molecule has 1 heterocycles. The summed E-state index contributed by atoms with van der Waals surface area (Å²) >= 11 is 0. The van der Waals surface area contributed by atoms with E-state index in [1.807, 2.05) is 6.92 Å². The van der Waals surface area contributed by atoms with Crippen molar-refractivity contribution in [3.63, 3.8) is 0 Å². The average molecular weight is 294 g/mol. The molecule has 0 saturated heterocycles. The van der Waals surface area contributed by atoms with Crippen molar-refractivity contribution < 1.29 is 4.74 Å². The highest BCUT2D eigenvalue weighted by molar-refractivity contribution is 7.51. The number of hydrogen-bond acceptors (Lipinski definition) is 1. The molecule has 106 valence electrons. The summed E-state index contributed by atoms with van der Waals surface area (Å²) in [5.74, 6) is 3.33. The van der Waals surface area contributed by atoms with Crippen molar-refractivity contribution in [2.45, 2.75) is 6.92 Å². The first-order valence-corrected chi connectivity index (χ1v) is 9.10. The second-order valence-electron chi connectivity index (χ2n) is 4.99. The van der Waals surface area contributed by atoms with Crippen molar-refractivity contribution in [1.82, 2.24) is 0 Å². The molecule has 2 heteroatoms. The monoisotopic (exact) mass is 294 g/mol. The zero-order valence-electron chi connectivity index (χ0n) is 12.4. The second-order valence-corrected chi connectivity index (χ2v) is 6.92. The van der Waals surface area contributed by atoms with Crippen LogP contribution in [0.3, 0.4) is 0 Å². The first kappa shape index (κ1) is 14.0. The smallest absolute Gasteiger partial charge is 0.131 e. The number of ether oxygens (including phenoxy) is 1. The van der Waals surface area contributed by atoms with Crippen LogP contribution >= 0.6 is 7.53 Å². The van der Waals surface area contributed by atoms with Gasteiger partial charge in [-0.3, -0.25) is 0 Å². The summed E-state index contributed by atoms with van der Waals surface area (Å²) in [6.07, 6.45) is 0. The van der Waals surface area contributed by atoms with E-state index in [9.17, 15) is 0 Å². The molecule has 0 aliphatic rings. The van der Waals surface area contributed by atoms with E-state index in [1.54, 1.807) is 0 Å². The number of hydrogen-bond donors (Lipinski definition) is 0. The molecule has 3 rings (SSSR count). The molecule has 0 bridgehead atoms. The minimum absolute atomic E-state index is 0.326. The molecule has 2 aromatic carbocycles. The molecule has 1 atom stereocenters. The fourth-order valence-electron chi connectivity index (χ4n) is 2.69. The minimum Gasteiger partial charge on any atom is -0.493 e. The van der Waals surface area contributed by atoms with Gasteiger partial charge in [0.15, 0.2) is 0 Å². The maximum atomic E-state index is 5.91. The summed E-state index contributed by atoms with van der Waals surface area (Å²) in [6.45, 7) is 5.04. The minimum atomic E-state index is -0.326. The second kappa shape index (κ2) is 6.20. The Kier molecular flexibility index (Phi) is 4.13. The normalized spacial score (nSPS) is 11.4. The van der Waals surface area contributed by atoms with Gasteiger partial charge in [0.25, 0.3) is 0 Å². The van der Waals surface area contributed by atoms with Crippen LogP contribution in [0, 0.1) is 0 Å². The molecule has 0 spiro atoms. The molecule has 1 unspecified atom stereocenters.